The van der Waals surface area contributed by atoms with Gasteiger partial charge in [-0.05, 0) is 18.9 Å². The van der Waals surface area contributed by atoms with Crippen LogP contribution in [0.3, 0.4) is 0 Å². The van der Waals surface area contributed by atoms with Gasteiger partial charge < -0.3 is 9.88 Å². The van der Waals surface area contributed by atoms with Gasteiger partial charge in [0.05, 0.1) is 18.3 Å². The second-order valence-electron chi connectivity index (χ2n) is 4.72. The Balaban J connectivity index is 1.85. The third-order valence-corrected chi connectivity index (χ3v) is 3.37. The predicted octanol–water partition coefficient (Wildman–Crippen LogP) is 1.66. The first-order chi connectivity index (χ1) is 9.24. The number of hydrogen-bond acceptors (Lipinski definition) is 4. The second kappa shape index (κ2) is 6.47. The average Bonchev–Trinajstić information content (AvgIpc) is 3.02. The van der Waals surface area contributed by atoms with Crippen LogP contribution in [0.4, 0.5) is 0 Å². The van der Waals surface area contributed by atoms with Crippen LogP contribution in [0.2, 0.25) is 0 Å². The van der Waals surface area contributed by atoms with E-state index in [0.717, 1.165) is 30.9 Å². The van der Waals surface area contributed by atoms with Crippen molar-refractivity contribution in [2.45, 2.75) is 45.8 Å². The molecule has 0 aromatic carbocycles. The third kappa shape index (κ3) is 3.41. The summed E-state index contributed by atoms with van der Waals surface area (Å²) in [6.07, 6.45) is 6.00. The van der Waals surface area contributed by atoms with E-state index >= 15 is 0 Å². The first-order valence-corrected chi connectivity index (χ1v) is 6.82. The summed E-state index contributed by atoms with van der Waals surface area (Å²) in [5.41, 5.74) is 1.06. The summed E-state index contributed by atoms with van der Waals surface area (Å²) < 4.78 is 3.98. The number of aryl methyl sites for hydroxylation is 1. The highest BCUT2D eigenvalue weighted by molar-refractivity contribution is 4.99. The molecule has 104 valence electrons. The maximum Gasteiger partial charge on any atom is 0.146 e. The van der Waals surface area contributed by atoms with Crippen molar-refractivity contribution in [3.63, 3.8) is 0 Å². The molecule has 2 heterocycles. The van der Waals surface area contributed by atoms with Gasteiger partial charge in [0.15, 0.2) is 0 Å². The number of nitrogens with one attached hydrogen (secondary N) is 1. The summed E-state index contributed by atoms with van der Waals surface area (Å²) in [5, 5.41) is 15.8. The molecule has 2 aromatic rings. The van der Waals surface area contributed by atoms with Gasteiger partial charge in [-0.2, -0.15) is 5.10 Å². The van der Waals surface area contributed by atoms with Crippen molar-refractivity contribution in [3.8, 4) is 0 Å². The molecule has 0 aliphatic carbocycles. The van der Waals surface area contributed by atoms with E-state index in [2.05, 4.69) is 51.4 Å². The topological polar surface area (TPSA) is 60.6 Å². The monoisotopic (exact) mass is 262 g/mol. The Morgan fingerprint density at radius 3 is 2.68 bits per heavy atom. The van der Waals surface area contributed by atoms with Gasteiger partial charge in [0, 0.05) is 19.8 Å². The van der Waals surface area contributed by atoms with E-state index in [1.807, 2.05) is 11.6 Å². The molecule has 0 saturated carbocycles. The van der Waals surface area contributed by atoms with E-state index in [9.17, 15) is 0 Å². The molecular weight excluding hydrogens is 240 g/mol. The molecule has 0 aliphatic heterocycles. The van der Waals surface area contributed by atoms with Crippen molar-refractivity contribution in [3.05, 3.63) is 30.1 Å². The lowest BCUT2D eigenvalue weighted by molar-refractivity contribution is 0.424. The van der Waals surface area contributed by atoms with Gasteiger partial charge in [-0.1, -0.05) is 13.8 Å². The second-order valence-corrected chi connectivity index (χ2v) is 4.72. The standard InChI is InChI=1S/C13H22N6/c1-4-12(5-2)19-7-6-11(17-19)8-14-9-13-16-15-10-18(13)3/h6-7,10,12,14H,4-5,8-9H2,1-3H3. The Kier molecular flexibility index (Phi) is 4.68. The van der Waals surface area contributed by atoms with Crippen LogP contribution in [0.15, 0.2) is 18.6 Å². The molecule has 0 saturated heterocycles. The van der Waals surface area contributed by atoms with Gasteiger partial charge in [-0.25, -0.2) is 0 Å². The largest absolute Gasteiger partial charge is 0.320 e. The normalized spacial score (nSPS) is 11.4. The maximum atomic E-state index is 4.60. The zero-order valence-corrected chi connectivity index (χ0v) is 11.9. The molecule has 0 radical (unpaired) electrons. The molecule has 6 heteroatoms. The molecule has 0 spiro atoms. The van der Waals surface area contributed by atoms with E-state index in [1.54, 1.807) is 6.33 Å². The van der Waals surface area contributed by atoms with Gasteiger partial charge in [0.1, 0.15) is 12.2 Å². The number of hydrogen-bond donors (Lipinski definition) is 1. The molecule has 1 N–H and O–H groups in total. The van der Waals surface area contributed by atoms with E-state index < -0.39 is 0 Å². The third-order valence-electron chi connectivity index (χ3n) is 3.37. The lowest BCUT2D eigenvalue weighted by Gasteiger charge is -2.12. The summed E-state index contributed by atoms with van der Waals surface area (Å²) in [5.74, 6) is 0.930. The molecule has 0 fully saturated rings. The fraction of sp³-hybridized carbons (Fsp3) is 0.615. The van der Waals surface area contributed by atoms with Crippen LogP contribution in [0.1, 0.15) is 44.2 Å². The molecule has 0 bridgehead atoms. The van der Waals surface area contributed by atoms with Gasteiger partial charge in [-0.3, -0.25) is 4.68 Å². The Morgan fingerprint density at radius 2 is 2.05 bits per heavy atom. The minimum absolute atomic E-state index is 0.507. The van der Waals surface area contributed by atoms with E-state index in [1.165, 1.54) is 0 Å². The van der Waals surface area contributed by atoms with Crippen LogP contribution >= 0.6 is 0 Å². The molecule has 19 heavy (non-hydrogen) atoms. The fourth-order valence-electron chi connectivity index (χ4n) is 2.11. The summed E-state index contributed by atoms with van der Waals surface area (Å²) in [6.45, 7) is 5.85. The SMILES string of the molecule is CCC(CC)n1ccc(CNCc2nncn2C)n1. The maximum absolute atomic E-state index is 4.60. The molecule has 0 aliphatic rings. The Labute approximate surface area is 113 Å². The Hall–Kier alpha value is -1.69. The lowest BCUT2D eigenvalue weighted by atomic mass is 10.2. The van der Waals surface area contributed by atoms with Gasteiger partial charge in [0.2, 0.25) is 0 Å². The number of nitrogens with zero attached hydrogens (tertiary/aromatic N) is 5. The first-order valence-electron chi connectivity index (χ1n) is 6.82. The van der Waals surface area contributed by atoms with Crippen LogP contribution in [0, 0.1) is 0 Å². The minimum atomic E-state index is 0.507. The zero-order chi connectivity index (χ0) is 13.7. The van der Waals surface area contributed by atoms with Gasteiger partial charge in [-0.15, -0.1) is 10.2 Å². The number of aromatic nitrogens is 5. The average molecular weight is 262 g/mol. The Bertz CT molecular complexity index is 497. The van der Waals surface area contributed by atoms with E-state index in [-0.39, 0.29) is 0 Å². The molecule has 6 nitrogen and oxygen atoms in total. The van der Waals surface area contributed by atoms with Crippen LogP contribution in [0.25, 0.3) is 0 Å². The van der Waals surface area contributed by atoms with Crippen molar-refractivity contribution in [1.82, 2.24) is 29.9 Å². The minimum Gasteiger partial charge on any atom is -0.320 e. The van der Waals surface area contributed by atoms with Gasteiger partial charge >= 0.3 is 0 Å². The molecule has 0 atom stereocenters. The van der Waals surface area contributed by atoms with Crippen molar-refractivity contribution < 1.29 is 0 Å². The summed E-state index contributed by atoms with van der Waals surface area (Å²) in [4.78, 5) is 0. The molecule has 2 rings (SSSR count). The van der Waals surface area contributed by atoms with Crippen molar-refractivity contribution >= 4 is 0 Å². The van der Waals surface area contributed by atoms with E-state index in [0.29, 0.717) is 12.6 Å². The predicted molar refractivity (Wildman–Crippen MR) is 73.4 cm³/mol. The summed E-state index contributed by atoms with van der Waals surface area (Å²) >= 11 is 0. The highest BCUT2D eigenvalue weighted by atomic mass is 15.3. The number of rotatable bonds is 7. The fourth-order valence-corrected chi connectivity index (χ4v) is 2.11. The van der Waals surface area contributed by atoms with Crippen LogP contribution in [-0.4, -0.2) is 24.5 Å². The van der Waals surface area contributed by atoms with Crippen LogP contribution in [0.5, 0.6) is 0 Å². The lowest BCUT2D eigenvalue weighted by Crippen LogP contribution is -2.16. The molecule has 0 amide bonds. The zero-order valence-electron chi connectivity index (χ0n) is 11.9. The highest BCUT2D eigenvalue weighted by Gasteiger charge is 2.08. The first kappa shape index (κ1) is 13.7. The van der Waals surface area contributed by atoms with Crippen LogP contribution < -0.4 is 5.32 Å². The molecular formula is C13H22N6. The Morgan fingerprint density at radius 1 is 1.26 bits per heavy atom. The van der Waals surface area contributed by atoms with Crippen LogP contribution in [-0.2, 0) is 20.1 Å². The van der Waals surface area contributed by atoms with E-state index in [4.69, 9.17) is 0 Å². The van der Waals surface area contributed by atoms with Gasteiger partial charge in [0.25, 0.3) is 0 Å². The van der Waals surface area contributed by atoms with Crippen molar-refractivity contribution in [1.29, 1.82) is 0 Å². The molecule has 2 aromatic heterocycles. The smallest absolute Gasteiger partial charge is 0.146 e. The molecule has 0 unspecified atom stereocenters. The highest BCUT2D eigenvalue weighted by Crippen LogP contribution is 2.14. The summed E-state index contributed by atoms with van der Waals surface area (Å²) in [6, 6.07) is 2.58. The summed E-state index contributed by atoms with van der Waals surface area (Å²) in [7, 11) is 1.94. The van der Waals surface area contributed by atoms with Crippen molar-refractivity contribution in [2.75, 3.05) is 0 Å². The van der Waals surface area contributed by atoms with Crippen molar-refractivity contribution in [2.24, 2.45) is 7.05 Å². The quantitative estimate of drug-likeness (QED) is 0.824.